The minimum absolute atomic E-state index is 0.122. The van der Waals surface area contributed by atoms with Crippen LogP contribution in [0.4, 0.5) is 29.0 Å². The number of hydrogen-bond acceptors (Lipinski definition) is 8. The van der Waals surface area contributed by atoms with Crippen LogP contribution >= 0.6 is 11.6 Å². The highest BCUT2D eigenvalue weighted by Gasteiger charge is 2.16. The third-order valence-corrected chi connectivity index (χ3v) is 5.49. The second-order valence-corrected chi connectivity index (χ2v) is 8.19. The standard InChI is InChI=1S/C23H26ClN7O2/c1-15-18(8-9-20(26-15)31-10-12-33-13-11-31)28-23-25-14-17(24)21(29-23)27-19-7-5-4-6-16(19)22(32)30(2)3/h4-9,14H,10-13H2,1-3H3,(H2,25,27,28,29). The molecule has 172 valence electrons. The number of aryl methyl sites for hydroxylation is 1. The summed E-state index contributed by atoms with van der Waals surface area (Å²) in [6.45, 7) is 5.00. The van der Waals surface area contributed by atoms with Crippen molar-refractivity contribution in [2.45, 2.75) is 6.92 Å². The van der Waals surface area contributed by atoms with Gasteiger partial charge in [0.2, 0.25) is 5.95 Å². The van der Waals surface area contributed by atoms with Crippen molar-refractivity contribution in [1.82, 2.24) is 19.9 Å². The first-order valence-corrected chi connectivity index (χ1v) is 11.0. The van der Waals surface area contributed by atoms with Crippen LogP contribution in [-0.2, 0) is 4.74 Å². The number of morpholine rings is 1. The number of benzene rings is 1. The van der Waals surface area contributed by atoms with Gasteiger partial charge in [0.15, 0.2) is 5.82 Å². The average molecular weight is 468 g/mol. The molecule has 3 aromatic rings. The third-order valence-electron chi connectivity index (χ3n) is 5.21. The summed E-state index contributed by atoms with van der Waals surface area (Å²) in [5, 5.41) is 6.71. The quantitative estimate of drug-likeness (QED) is 0.564. The maximum Gasteiger partial charge on any atom is 0.255 e. The first kappa shape index (κ1) is 22.8. The highest BCUT2D eigenvalue weighted by molar-refractivity contribution is 6.33. The lowest BCUT2D eigenvalue weighted by atomic mass is 10.1. The van der Waals surface area contributed by atoms with Crippen molar-refractivity contribution in [3.05, 3.63) is 58.9 Å². The zero-order chi connectivity index (χ0) is 23.4. The molecule has 1 aliphatic heterocycles. The topological polar surface area (TPSA) is 95.5 Å². The van der Waals surface area contributed by atoms with Crippen molar-refractivity contribution in [3.8, 4) is 0 Å². The molecule has 10 heteroatoms. The molecule has 0 bridgehead atoms. The molecule has 3 heterocycles. The third kappa shape index (κ3) is 5.32. The van der Waals surface area contributed by atoms with E-state index in [9.17, 15) is 4.79 Å². The Morgan fingerprint density at radius 1 is 1.06 bits per heavy atom. The van der Waals surface area contributed by atoms with E-state index >= 15 is 0 Å². The number of aromatic nitrogens is 3. The van der Waals surface area contributed by atoms with Crippen LogP contribution in [0.25, 0.3) is 0 Å². The molecule has 33 heavy (non-hydrogen) atoms. The van der Waals surface area contributed by atoms with Gasteiger partial charge in [-0.25, -0.2) is 9.97 Å². The van der Waals surface area contributed by atoms with Gasteiger partial charge in [0.25, 0.3) is 5.91 Å². The van der Waals surface area contributed by atoms with Gasteiger partial charge in [0, 0.05) is 27.2 Å². The summed E-state index contributed by atoms with van der Waals surface area (Å²) in [5.41, 5.74) is 2.75. The maximum absolute atomic E-state index is 12.5. The molecule has 1 aliphatic rings. The molecule has 0 spiro atoms. The maximum atomic E-state index is 12.5. The fraction of sp³-hybridized carbons (Fsp3) is 0.304. The number of carbonyl (C=O) groups is 1. The van der Waals surface area contributed by atoms with Crippen molar-refractivity contribution in [1.29, 1.82) is 0 Å². The molecule has 4 rings (SSSR count). The Labute approximate surface area is 197 Å². The molecule has 2 aromatic heterocycles. The first-order valence-electron chi connectivity index (χ1n) is 10.6. The van der Waals surface area contributed by atoms with E-state index in [0.29, 0.717) is 41.3 Å². The van der Waals surface area contributed by atoms with E-state index in [1.807, 2.05) is 31.2 Å². The molecular weight excluding hydrogens is 442 g/mol. The van der Waals surface area contributed by atoms with Crippen LogP contribution in [0.2, 0.25) is 5.02 Å². The minimum atomic E-state index is -0.122. The monoisotopic (exact) mass is 467 g/mol. The van der Waals surface area contributed by atoms with E-state index in [1.54, 1.807) is 26.2 Å². The van der Waals surface area contributed by atoms with Crippen molar-refractivity contribution in [2.24, 2.45) is 0 Å². The van der Waals surface area contributed by atoms with Crippen LogP contribution in [-0.4, -0.2) is 66.2 Å². The molecule has 0 saturated carbocycles. The van der Waals surface area contributed by atoms with E-state index in [4.69, 9.17) is 21.3 Å². The number of anilines is 5. The Balaban J connectivity index is 1.54. The Morgan fingerprint density at radius 2 is 1.82 bits per heavy atom. The van der Waals surface area contributed by atoms with Crippen molar-refractivity contribution < 1.29 is 9.53 Å². The minimum Gasteiger partial charge on any atom is -0.378 e. The van der Waals surface area contributed by atoms with Gasteiger partial charge in [0.1, 0.15) is 10.8 Å². The van der Waals surface area contributed by atoms with Crippen LogP contribution in [0.1, 0.15) is 16.1 Å². The zero-order valence-electron chi connectivity index (χ0n) is 18.8. The lowest BCUT2D eigenvalue weighted by Gasteiger charge is -2.28. The van der Waals surface area contributed by atoms with Gasteiger partial charge in [-0.2, -0.15) is 4.98 Å². The van der Waals surface area contributed by atoms with Gasteiger partial charge in [-0.05, 0) is 31.2 Å². The fourth-order valence-corrected chi connectivity index (χ4v) is 3.57. The molecular formula is C23H26ClN7O2. The van der Waals surface area contributed by atoms with Crippen LogP contribution in [0, 0.1) is 6.92 Å². The number of pyridine rings is 1. The van der Waals surface area contributed by atoms with Crippen molar-refractivity contribution >= 4 is 46.5 Å². The van der Waals surface area contributed by atoms with Gasteiger partial charge in [0.05, 0.1) is 42.0 Å². The van der Waals surface area contributed by atoms with Crippen molar-refractivity contribution in [2.75, 3.05) is 55.9 Å². The molecule has 0 aliphatic carbocycles. The molecule has 1 amide bonds. The Kier molecular flexibility index (Phi) is 6.90. The smallest absolute Gasteiger partial charge is 0.255 e. The second kappa shape index (κ2) is 10.0. The summed E-state index contributed by atoms with van der Waals surface area (Å²) in [5.74, 6) is 1.55. The van der Waals surface area contributed by atoms with Crippen molar-refractivity contribution in [3.63, 3.8) is 0 Å². The highest BCUT2D eigenvalue weighted by Crippen LogP contribution is 2.28. The number of nitrogens with one attached hydrogen (secondary N) is 2. The number of ether oxygens (including phenoxy) is 1. The zero-order valence-corrected chi connectivity index (χ0v) is 19.6. The predicted octanol–water partition coefficient (Wildman–Crippen LogP) is 3.86. The molecule has 2 N–H and O–H groups in total. The van der Waals surface area contributed by atoms with Crippen LogP contribution in [0.3, 0.4) is 0 Å². The summed E-state index contributed by atoms with van der Waals surface area (Å²) in [6, 6.07) is 11.1. The number of amides is 1. The largest absolute Gasteiger partial charge is 0.378 e. The number of nitrogens with zero attached hydrogens (tertiary/aromatic N) is 5. The molecule has 1 saturated heterocycles. The lowest BCUT2D eigenvalue weighted by Crippen LogP contribution is -2.36. The lowest BCUT2D eigenvalue weighted by molar-refractivity contribution is 0.0828. The first-order chi connectivity index (χ1) is 15.9. The van der Waals surface area contributed by atoms with E-state index in [1.165, 1.54) is 11.1 Å². The van der Waals surface area contributed by atoms with E-state index in [-0.39, 0.29) is 5.91 Å². The molecule has 0 radical (unpaired) electrons. The Bertz CT molecular complexity index is 1150. The van der Waals surface area contributed by atoms with Crippen LogP contribution in [0.15, 0.2) is 42.6 Å². The van der Waals surface area contributed by atoms with Gasteiger partial charge < -0.3 is 25.2 Å². The summed E-state index contributed by atoms with van der Waals surface area (Å²) in [4.78, 5) is 29.8. The van der Waals surface area contributed by atoms with Gasteiger partial charge in [-0.3, -0.25) is 4.79 Å². The van der Waals surface area contributed by atoms with Crippen LogP contribution in [0.5, 0.6) is 0 Å². The molecule has 1 fully saturated rings. The molecule has 9 nitrogen and oxygen atoms in total. The average Bonchev–Trinajstić information content (AvgIpc) is 2.83. The fourth-order valence-electron chi connectivity index (χ4n) is 3.43. The number of rotatable bonds is 6. The van der Waals surface area contributed by atoms with Gasteiger partial charge >= 0.3 is 0 Å². The summed E-state index contributed by atoms with van der Waals surface area (Å²) in [7, 11) is 3.42. The molecule has 0 unspecified atom stereocenters. The molecule has 1 aromatic carbocycles. The number of hydrogen-bond donors (Lipinski definition) is 2. The summed E-state index contributed by atoms with van der Waals surface area (Å²) < 4.78 is 5.41. The van der Waals surface area contributed by atoms with Crippen LogP contribution < -0.4 is 15.5 Å². The number of halogens is 1. The van der Waals surface area contributed by atoms with Gasteiger partial charge in [-0.1, -0.05) is 23.7 Å². The highest BCUT2D eigenvalue weighted by atomic mass is 35.5. The second-order valence-electron chi connectivity index (χ2n) is 7.79. The summed E-state index contributed by atoms with van der Waals surface area (Å²) in [6.07, 6.45) is 1.51. The Hall–Kier alpha value is -3.43. The van der Waals surface area contributed by atoms with E-state index in [0.717, 1.165) is 30.3 Å². The molecule has 0 atom stereocenters. The number of carbonyl (C=O) groups excluding carboxylic acids is 1. The SMILES string of the molecule is Cc1nc(N2CCOCC2)ccc1Nc1ncc(Cl)c(Nc2ccccc2C(=O)N(C)C)n1. The summed E-state index contributed by atoms with van der Waals surface area (Å²) >= 11 is 6.34. The predicted molar refractivity (Wildman–Crippen MR) is 130 cm³/mol. The normalized spacial score (nSPS) is 13.5. The van der Waals surface area contributed by atoms with E-state index < -0.39 is 0 Å². The Morgan fingerprint density at radius 3 is 2.55 bits per heavy atom. The number of para-hydroxylation sites is 1. The van der Waals surface area contributed by atoms with Gasteiger partial charge in [-0.15, -0.1) is 0 Å². The van der Waals surface area contributed by atoms with E-state index in [2.05, 4.69) is 25.5 Å².